The van der Waals surface area contributed by atoms with Crippen LogP contribution in [-0.4, -0.2) is 105 Å². The number of allylic oxidation sites excluding steroid dienone is 1. The van der Waals surface area contributed by atoms with Gasteiger partial charge in [-0.1, -0.05) is 55.8 Å². The van der Waals surface area contributed by atoms with E-state index in [1.165, 1.54) is 52.1 Å². The maximum Gasteiger partial charge on any atom is 0.352 e. The molecule has 0 spiro atoms. The van der Waals surface area contributed by atoms with Crippen LogP contribution in [0, 0.1) is 0 Å². The number of hydrogen-bond donors (Lipinski definition) is 8. The quantitative estimate of drug-likeness (QED) is 0.117. The van der Waals surface area contributed by atoms with Crippen molar-refractivity contribution in [2.45, 2.75) is 83.3 Å². The molecule has 2 heterocycles. The van der Waals surface area contributed by atoms with E-state index in [9.17, 15) is 43.8 Å². The van der Waals surface area contributed by atoms with Gasteiger partial charge in [-0.05, 0) is 69.5 Å². The number of hydrogen-bond acceptors (Lipinski definition) is 10. The highest BCUT2D eigenvalue weighted by Crippen LogP contribution is 2.39. The van der Waals surface area contributed by atoms with Crippen molar-refractivity contribution in [3.05, 3.63) is 75.1 Å². The average Bonchev–Trinajstić information content (AvgIpc) is 3.62. The van der Waals surface area contributed by atoms with Crippen LogP contribution in [0.1, 0.15) is 59.1 Å². The highest BCUT2D eigenvalue weighted by molar-refractivity contribution is 6.43. The van der Waals surface area contributed by atoms with Crippen molar-refractivity contribution in [1.82, 2.24) is 31.5 Å². The number of aliphatic hydroxyl groups is 1. The van der Waals surface area contributed by atoms with Crippen molar-refractivity contribution in [2.75, 3.05) is 13.6 Å². The molecule has 5 amide bonds. The minimum atomic E-state index is -1.75. The fraction of sp³-hybridized carbons (Fsp3) is 0.417. The molecule has 2 unspecified atom stereocenters. The molecular formula is C36H44Cl2N6O11. The minimum absolute atomic E-state index is 0.0321. The summed E-state index contributed by atoms with van der Waals surface area (Å²) in [5.74, 6) is -8.02. The van der Waals surface area contributed by atoms with Gasteiger partial charge < -0.3 is 51.5 Å². The number of amides is 5. The number of fused-ring (bicyclic) bond motifs is 2. The van der Waals surface area contributed by atoms with Gasteiger partial charge in [0.2, 0.25) is 11.8 Å². The molecule has 0 saturated carbocycles. The minimum Gasteiger partial charge on any atom is -0.483 e. The van der Waals surface area contributed by atoms with Gasteiger partial charge in [0, 0.05) is 6.54 Å². The Morgan fingerprint density at radius 1 is 1.07 bits per heavy atom. The number of nitrogens with zero attached hydrogens (tertiary/aromatic N) is 1. The van der Waals surface area contributed by atoms with Gasteiger partial charge in [0.15, 0.2) is 0 Å². The van der Waals surface area contributed by atoms with E-state index in [-0.39, 0.29) is 63.7 Å². The van der Waals surface area contributed by atoms with E-state index in [0.717, 1.165) is 4.90 Å². The predicted molar refractivity (Wildman–Crippen MR) is 200 cm³/mol. The number of aliphatic hydroxyl groups excluding tert-OH is 1. The van der Waals surface area contributed by atoms with Crippen molar-refractivity contribution in [2.24, 2.45) is 0 Å². The molecule has 298 valence electrons. The predicted octanol–water partition coefficient (Wildman–Crippen LogP) is 1.46. The van der Waals surface area contributed by atoms with Crippen LogP contribution in [0.25, 0.3) is 0 Å². The lowest BCUT2D eigenvalue weighted by molar-refractivity contribution is -0.146. The first kappa shape index (κ1) is 44.2. The topological polar surface area (TPSA) is 253 Å². The fourth-order valence-corrected chi connectivity index (χ4v) is 6.09. The lowest BCUT2D eigenvalue weighted by Crippen LogP contribution is -2.65. The average molecular weight is 808 g/mol. The van der Waals surface area contributed by atoms with Crippen LogP contribution in [0.2, 0.25) is 10.0 Å². The Bertz CT molecular complexity index is 1880. The first-order valence-electron chi connectivity index (χ1n) is 17.0. The summed E-state index contributed by atoms with van der Waals surface area (Å²) in [6.45, 7) is 11.5. The summed E-state index contributed by atoms with van der Waals surface area (Å²) in [4.78, 5) is 93.0. The summed E-state index contributed by atoms with van der Waals surface area (Å²) >= 11 is 13.0. The van der Waals surface area contributed by atoms with Crippen LogP contribution < -0.4 is 31.3 Å². The first-order chi connectivity index (χ1) is 25.7. The molecule has 0 aromatic heterocycles. The Balaban J connectivity index is 2.11. The molecular weight excluding hydrogens is 763 g/mol. The van der Waals surface area contributed by atoms with E-state index in [2.05, 4.69) is 27.8 Å². The molecule has 8 N–H and O–H groups in total. The van der Waals surface area contributed by atoms with Crippen LogP contribution in [0.4, 0.5) is 0 Å². The number of aliphatic carboxylic acids is 2. The first-order valence-corrected chi connectivity index (χ1v) is 17.7. The van der Waals surface area contributed by atoms with Gasteiger partial charge in [0.25, 0.3) is 17.7 Å². The van der Waals surface area contributed by atoms with Gasteiger partial charge in [-0.3, -0.25) is 24.0 Å². The molecule has 19 heteroatoms. The van der Waals surface area contributed by atoms with Crippen LogP contribution in [0.3, 0.4) is 0 Å². The zero-order valence-electron chi connectivity index (χ0n) is 30.9. The molecule has 1 aromatic rings. The third-order valence-electron chi connectivity index (χ3n) is 9.19. The van der Waals surface area contributed by atoms with Gasteiger partial charge in [-0.15, -0.1) is 0 Å². The van der Waals surface area contributed by atoms with Crippen LogP contribution >= 0.6 is 23.2 Å². The van der Waals surface area contributed by atoms with Gasteiger partial charge >= 0.3 is 11.9 Å². The normalized spacial score (nSPS) is 24.8. The number of halogens is 2. The van der Waals surface area contributed by atoms with Crippen LogP contribution in [0.5, 0.6) is 5.75 Å². The SMILES string of the molecule is C=C(C)C1NC(=O)[C@@H](NC)[C@@H](O)c2cc(Cl)c(Cl)c(c2)O[C@](C)(CC)C(C(=O)N2CC=C[C@H]2C(=O)N/C(C(=O)N/C(=C/C(=O)O)C(=O)O)=C(/C)CC)NC1=O. The summed E-state index contributed by atoms with van der Waals surface area (Å²) in [5, 5.41) is 41.9. The second kappa shape index (κ2) is 18.4. The van der Waals surface area contributed by atoms with E-state index in [0.29, 0.717) is 0 Å². The Labute approximate surface area is 326 Å². The third-order valence-corrected chi connectivity index (χ3v) is 9.97. The number of carbonyl (C=O) groups is 7. The van der Waals surface area contributed by atoms with Gasteiger partial charge in [0.1, 0.15) is 58.0 Å². The Morgan fingerprint density at radius 3 is 2.27 bits per heavy atom. The standard InChI is InChI=1S/C36H44Cl2N6O11/c1-8-17(5)26(32(50)40-20(35(53)54)15-23(45)46)42-30(48)21-11-10-12-44(21)34(52)29-36(6,9-2)55-22-14-18(13-19(37)24(22)38)28(47)27(39-7)33(51)41-25(16(3)4)31(49)43-29/h10-11,13-15,21,25,27-29,39,47H,3,8-9,12H2,1-2,4-7H3,(H,40,50)(H,41,51)(H,42,48)(H,43,49)(H,45,46)(H,53,54)/b20-15+,26-17-/t21-,25?,27-,28-,29?,36+/m0/s1. The molecule has 0 aliphatic carbocycles. The third kappa shape index (κ3) is 10.1. The van der Waals surface area contributed by atoms with Crippen molar-refractivity contribution < 1.29 is 53.6 Å². The molecule has 2 aliphatic rings. The summed E-state index contributed by atoms with van der Waals surface area (Å²) in [6.07, 6.45) is 1.87. The molecule has 2 aliphatic heterocycles. The molecule has 1 aromatic carbocycles. The molecule has 3 rings (SSSR count). The van der Waals surface area contributed by atoms with E-state index in [1.807, 2.05) is 5.32 Å². The highest BCUT2D eigenvalue weighted by Gasteiger charge is 2.47. The maximum atomic E-state index is 14.7. The van der Waals surface area contributed by atoms with E-state index in [1.54, 1.807) is 13.8 Å². The molecule has 0 fully saturated rings. The van der Waals surface area contributed by atoms with Gasteiger partial charge in [0.05, 0.1) is 11.1 Å². The summed E-state index contributed by atoms with van der Waals surface area (Å²) in [6, 6.07) is -3.00. The number of carbonyl (C=O) groups excluding carboxylic acids is 5. The number of ether oxygens (including phenoxy) is 1. The summed E-state index contributed by atoms with van der Waals surface area (Å²) < 4.78 is 6.41. The Kier molecular flexibility index (Phi) is 14.8. The monoisotopic (exact) mass is 806 g/mol. The second-order valence-electron chi connectivity index (χ2n) is 13.0. The van der Waals surface area contributed by atoms with Crippen LogP contribution in [-0.2, 0) is 33.6 Å². The zero-order chi connectivity index (χ0) is 41.5. The van der Waals surface area contributed by atoms with E-state index < -0.39 is 83.0 Å². The van der Waals surface area contributed by atoms with Gasteiger partial charge in [-0.2, -0.15) is 0 Å². The van der Waals surface area contributed by atoms with E-state index in [4.69, 9.17) is 33.0 Å². The largest absolute Gasteiger partial charge is 0.483 e. The molecule has 17 nitrogen and oxygen atoms in total. The molecule has 6 atom stereocenters. The summed E-state index contributed by atoms with van der Waals surface area (Å²) in [7, 11) is 1.42. The van der Waals surface area contributed by atoms with Gasteiger partial charge in [-0.25, -0.2) is 9.59 Å². The lowest BCUT2D eigenvalue weighted by Gasteiger charge is -2.40. The molecule has 0 saturated heterocycles. The second-order valence-corrected chi connectivity index (χ2v) is 13.8. The number of nitrogens with one attached hydrogen (secondary N) is 5. The van der Waals surface area contributed by atoms with E-state index >= 15 is 0 Å². The lowest BCUT2D eigenvalue weighted by atomic mass is 9.90. The zero-order valence-corrected chi connectivity index (χ0v) is 32.4. The van der Waals surface area contributed by atoms with Crippen molar-refractivity contribution in [1.29, 1.82) is 0 Å². The molecule has 2 bridgehead atoms. The van der Waals surface area contributed by atoms with Crippen molar-refractivity contribution in [3.63, 3.8) is 0 Å². The fourth-order valence-electron chi connectivity index (χ4n) is 5.72. The number of likely N-dealkylation sites (N-methyl/N-ethyl adjacent to an activating group) is 1. The number of rotatable bonds is 11. The Morgan fingerprint density at radius 2 is 1.73 bits per heavy atom. The van der Waals surface area contributed by atoms with Crippen LogP contribution in [0.15, 0.2) is 59.5 Å². The smallest absolute Gasteiger partial charge is 0.352 e. The van der Waals surface area contributed by atoms with Crippen molar-refractivity contribution >= 4 is 64.7 Å². The Hall–Kier alpha value is -5.23. The number of carboxylic acids is 2. The highest BCUT2D eigenvalue weighted by atomic mass is 35.5. The summed E-state index contributed by atoms with van der Waals surface area (Å²) in [5.41, 5.74) is -2.42. The number of benzene rings is 1. The number of carboxylic acid groups (broad SMARTS) is 2. The molecule has 55 heavy (non-hydrogen) atoms. The molecule has 0 radical (unpaired) electrons. The van der Waals surface area contributed by atoms with Crippen molar-refractivity contribution in [3.8, 4) is 5.75 Å². The maximum absolute atomic E-state index is 14.7.